The van der Waals surface area contributed by atoms with Crippen molar-refractivity contribution < 1.29 is 15.0 Å². The molecule has 1 rings (SSSR count). The Morgan fingerprint density at radius 3 is 2.47 bits per heavy atom. The number of hydrogen-bond acceptors (Lipinski definition) is 4. The summed E-state index contributed by atoms with van der Waals surface area (Å²) in [7, 11) is 0. The number of nitrogens with two attached hydrogens (primary N) is 1. The molecule has 0 saturated heterocycles. The van der Waals surface area contributed by atoms with Gasteiger partial charge in [0.2, 0.25) is 5.91 Å². The summed E-state index contributed by atoms with van der Waals surface area (Å²) in [5.74, 6) is -0.148. The highest BCUT2D eigenvalue weighted by Crippen LogP contribution is 2.18. The Morgan fingerprint density at radius 1 is 1.41 bits per heavy atom. The van der Waals surface area contributed by atoms with Crippen LogP contribution in [-0.4, -0.2) is 34.1 Å². The standard InChI is InChI=1S/C11H15BrN2O3/c12-5-10(16)14-8-3-1-7(2-4-8)11(17)9(13)6-15/h1-4,9,11,15,17H,5-6,13H2,(H,14,16)/t9-,11-/m1/s1. The molecule has 0 spiro atoms. The highest BCUT2D eigenvalue weighted by atomic mass is 79.9. The molecule has 6 heteroatoms. The van der Waals surface area contributed by atoms with E-state index in [0.29, 0.717) is 11.3 Å². The largest absolute Gasteiger partial charge is 0.395 e. The van der Waals surface area contributed by atoms with Gasteiger partial charge in [-0.1, -0.05) is 28.1 Å². The highest BCUT2D eigenvalue weighted by molar-refractivity contribution is 9.09. The Bertz CT molecular complexity index is 369. The van der Waals surface area contributed by atoms with E-state index in [-0.39, 0.29) is 17.8 Å². The fraction of sp³-hybridized carbons (Fsp3) is 0.364. The van der Waals surface area contributed by atoms with Gasteiger partial charge in [0.15, 0.2) is 0 Å². The van der Waals surface area contributed by atoms with Gasteiger partial charge in [-0.3, -0.25) is 4.79 Å². The molecule has 1 aromatic rings. The topological polar surface area (TPSA) is 95.6 Å². The first-order valence-electron chi connectivity index (χ1n) is 5.08. The van der Waals surface area contributed by atoms with Gasteiger partial charge in [-0.05, 0) is 17.7 Å². The second-order valence-electron chi connectivity index (χ2n) is 3.60. The van der Waals surface area contributed by atoms with Gasteiger partial charge in [-0.2, -0.15) is 0 Å². The lowest BCUT2D eigenvalue weighted by atomic mass is 10.0. The molecule has 1 aromatic carbocycles. The number of aliphatic hydroxyl groups excluding tert-OH is 2. The molecule has 1 amide bonds. The molecule has 0 aromatic heterocycles. The maximum atomic E-state index is 11.1. The maximum absolute atomic E-state index is 11.1. The molecule has 0 bridgehead atoms. The number of hydrogen-bond donors (Lipinski definition) is 4. The van der Waals surface area contributed by atoms with Crippen LogP contribution in [0.1, 0.15) is 11.7 Å². The number of amides is 1. The monoisotopic (exact) mass is 302 g/mol. The van der Waals surface area contributed by atoms with Crippen molar-refractivity contribution >= 4 is 27.5 Å². The van der Waals surface area contributed by atoms with Crippen molar-refractivity contribution in [1.29, 1.82) is 0 Å². The number of halogens is 1. The van der Waals surface area contributed by atoms with Gasteiger partial charge >= 0.3 is 0 Å². The van der Waals surface area contributed by atoms with Crippen molar-refractivity contribution in [2.75, 3.05) is 17.3 Å². The average Bonchev–Trinajstić information content (AvgIpc) is 2.37. The second kappa shape index (κ2) is 6.70. The average molecular weight is 303 g/mol. The molecule has 0 aliphatic rings. The van der Waals surface area contributed by atoms with Crippen molar-refractivity contribution in [2.24, 2.45) is 5.73 Å². The summed E-state index contributed by atoms with van der Waals surface area (Å²) >= 11 is 3.04. The number of carbonyl (C=O) groups is 1. The summed E-state index contributed by atoms with van der Waals surface area (Å²) in [4.78, 5) is 11.1. The van der Waals surface area contributed by atoms with E-state index in [1.54, 1.807) is 24.3 Å². The van der Waals surface area contributed by atoms with Crippen LogP contribution in [0.15, 0.2) is 24.3 Å². The Hall–Kier alpha value is -0.950. The number of aliphatic hydroxyl groups is 2. The van der Waals surface area contributed by atoms with Crippen LogP contribution in [0.25, 0.3) is 0 Å². The number of anilines is 1. The number of rotatable bonds is 5. The van der Waals surface area contributed by atoms with Crippen molar-refractivity contribution in [3.05, 3.63) is 29.8 Å². The van der Waals surface area contributed by atoms with E-state index in [4.69, 9.17) is 10.8 Å². The van der Waals surface area contributed by atoms with E-state index in [2.05, 4.69) is 21.2 Å². The first-order chi connectivity index (χ1) is 8.08. The van der Waals surface area contributed by atoms with E-state index >= 15 is 0 Å². The summed E-state index contributed by atoms with van der Waals surface area (Å²) < 4.78 is 0. The zero-order valence-corrected chi connectivity index (χ0v) is 10.7. The highest BCUT2D eigenvalue weighted by Gasteiger charge is 2.15. The normalized spacial score (nSPS) is 14.1. The Labute approximate surface area is 108 Å². The first kappa shape index (κ1) is 14.1. The minimum absolute atomic E-state index is 0.148. The van der Waals surface area contributed by atoms with Crippen LogP contribution in [0.2, 0.25) is 0 Å². The van der Waals surface area contributed by atoms with Gasteiger partial charge in [0.1, 0.15) is 0 Å². The molecule has 0 fully saturated rings. The summed E-state index contributed by atoms with van der Waals surface area (Å²) in [6.45, 7) is -0.288. The van der Waals surface area contributed by atoms with Crippen molar-refractivity contribution in [2.45, 2.75) is 12.1 Å². The van der Waals surface area contributed by atoms with Crippen LogP contribution in [0, 0.1) is 0 Å². The van der Waals surface area contributed by atoms with E-state index in [1.807, 2.05) is 0 Å². The van der Waals surface area contributed by atoms with Crippen molar-refractivity contribution in [3.63, 3.8) is 0 Å². The second-order valence-corrected chi connectivity index (χ2v) is 4.16. The van der Waals surface area contributed by atoms with E-state index < -0.39 is 12.1 Å². The predicted octanol–water partition coefficient (Wildman–Crippen LogP) is 0.373. The third kappa shape index (κ3) is 4.08. The molecule has 0 aliphatic carbocycles. The zero-order valence-electron chi connectivity index (χ0n) is 9.14. The third-order valence-electron chi connectivity index (χ3n) is 2.27. The molecule has 0 heterocycles. The van der Waals surface area contributed by atoms with Crippen LogP contribution in [0.5, 0.6) is 0 Å². The maximum Gasteiger partial charge on any atom is 0.235 e. The smallest absolute Gasteiger partial charge is 0.235 e. The predicted molar refractivity (Wildman–Crippen MR) is 68.9 cm³/mol. The Kier molecular flexibility index (Phi) is 5.57. The molecule has 94 valence electrons. The number of carbonyl (C=O) groups excluding carboxylic acids is 1. The number of benzene rings is 1. The molecule has 0 unspecified atom stereocenters. The Balaban J connectivity index is 2.70. The molecule has 17 heavy (non-hydrogen) atoms. The van der Waals surface area contributed by atoms with Gasteiger partial charge in [-0.15, -0.1) is 0 Å². The molecular formula is C11H15BrN2O3. The lowest BCUT2D eigenvalue weighted by molar-refractivity contribution is -0.113. The lowest BCUT2D eigenvalue weighted by Crippen LogP contribution is -2.31. The summed E-state index contributed by atoms with van der Waals surface area (Å²) in [5, 5.41) is 21.4. The zero-order chi connectivity index (χ0) is 12.8. The van der Waals surface area contributed by atoms with Gasteiger partial charge < -0.3 is 21.3 Å². The number of alkyl halides is 1. The molecule has 5 nitrogen and oxygen atoms in total. The van der Waals surface area contributed by atoms with Gasteiger partial charge in [0, 0.05) is 5.69 Å². The molecule has 0 saturated carbocycles. The molecule has 0 aliphatic heterocycles. The van der Waals surface area contributed by atoms with Crippen LogP contribution in [-0.2, 0) is 4.79 Å². The van der Waals surface area contributed by atoms with Crippen molar-refractivity contribution in [3.8, 4) is 0 Å². The molecular weight excluding hydrogens is 288 g/mol. The number of nitrogens with one attached hydrogen (secondary N) is 1. The van der Waals surface area contributed by atoms with Crippen LogP contribution >= 0.6 is 15.9 Å². The van der Waals surface area contributed by atoms with Crippen LogP contribution in [0.3, 0.4) is 0 Å². The van der Waals surface area contributed by atoms with Crippen molar-refractivity contribution in [1.82, 2.24) is 0 Å². The van der Waals surface area contributed by atoms with Crippen LogP contribution < -0.4 is 11.1 Å². The summed E-state index contributed by atoms with van der Waals surface area (Å²) in [6, 6.07) is 5.94. The SMILES string of the molecule is N[C@H](CO)[C@H](O)c1ccc(NC(=O)CBr)cc1. The quantitative estimate of drug-likeness (QED) is 0.591. The molecule has 2 atom stereocenters. The van der Waals surface area contributed by atoms with Gasteiger partial charge in [0.05, 0.1) is 24.1 Å². The van der Waals surface area contributed by atoms with Crippen LogP contribution in [0.4, 0.5) is 5.69 Å². The third-order valence-corrected chi connectivity index (χ3v) is 2.78. The fourth-order valence-corrected chi connectivity index (χ4v) is 1.45. The summed E-state index contributed by atoms with van der Waals surface area (Å²) in [6.07, 6.45) is -0.916. The van der Waals surface area contributed by atoms with Gasteiger partial charge in [-0.25, -0.2) is 0 Å². The minimum atomic E-state index is -0.916. The molecule has 5 N–H and O–H groups in total. The molecule has 0 radical (unpaired) electrons. The van der Waals surface area contributed by atoms with E-state index in [9.17, 15) is 9.90 Å². The lowest BCUT2D eigenvalue weighted by Gasteiger charge is -2.17. The van der Waals surface area contributed by atoms with E-state index in [1.165, 1.54) is 0 Å². The first-order valence-corrected chi connectivity index (χ1v) is 6.21. The minimum Gasteiger partial charge on any atom is -0.395 e. The van der Waals surface area contributed by atoms with Gasteiger partial charge in [0.25, 0.3) is 0 Å². The Morgan fingerprint density at radius 2 is 2.00 bits per heavy atom. The fourth-order valence-electron chi connectivity index (χ4n) is 1.31. The van der Waals surface area contributed by atoms with E-state index in [0.717, 1.165) is 0 Å². The summed E-state index contributed by atoms with van der Waals surface area (Å²) in [5.41, 5.74) is 6.75.